The number of aryl methyl sites for hydroxylation is 1. The third kappa shape index (κ3) is 2.79. The molecule has 1 N–H and O–H groups in total. The van der Waals surface area contributed by atoms with E-state index in [0.717, 1.165) is 36.0 Å². The Bertz CT molecular complexity index is 474. The Morgan fingerprint density at radius 2 is 2.44 bits per heavy atom. The van der Waals surface area contributed by atoms with Crippen molar-refractivity contribution in [3.05, 3.63) is 23.3 Å². The fourth-order valence-electron chi connectivity index (χ4n) is 2.26. The number of hydrogen-bond acceptors (Lipinski definition) is 4. The predicted molar refractivity (Wildman–Crippen MR) is 71.6 cm³/mol. The van der Waals surface area contributed by atoms with Gasteiger partial charge in [0.1, 0.15) is 5.82 Å². The second-order valence-electron chi connectivity index (χ2n) is 4.61. The van der Waals surface area contributed by atoms with Gasteiger partial charge in [-0.25, -0.2) is 4.98 Å². The molecule has 1 saturated heterocycles. The summed E-state index contributed by atoms with van der Waals surface area (Å²) in [4.78, 5) is 5.64. The van der Waals surface area contributed by atoms with E-state index < -0.39 is 0 Å². The van der Waals surface area contributed by atoms with E-state index in [1.165, 1.54) is 19.3 Å². The molecule has 0 radical (unpaired) electrons. The molecule has 1 fully saturated rings. The summed E-state index contributed by atoms with van der Waals surface area (Å²) in [7, 11) is 0. The number of rotatable bonds is 4. The summed E-state index contributed by atoms with van der Waals surface area (Å²) in [6, 6.07) is 4.06. The van der Waals surface area contributed by atoms with Crippen LogP contribution in [0.3, 0.4) is 0 Å². The van der Waals surface area contributed by atoms with Crippen LogP contribution in [0.4, 0.5) is 0 Å². The normalized spacial score (nSPS) is 20.1. The lowest BCUT2D eigenvalue weighted by Crippen LogP contribution is -2.19. The zero-order valence-corrected chi connectivity index (χ0v) is 11.1. The second-order valence-corrected chi connectivity index (χ2v) is 5.56. The van der Waals surface area contributed by atoms with E-state index in [0.29, 0.717) is 6.10 Å². The lowest BCUT2D eigenvalue weighted by atomic mass is 10.0. The van der Waals surface area contributed by atoms with Crippen molar-refractivity contribution >= 4 is 11.3 Å². The van der Waals surface area contributed by atoms with Crippen LogP contribution in [-0.4, -0.2) is 27.9 Å². The number of H-pyrrole nitrogens is 1. The fourth-order valence-corrected chi connectivity index (χ4v) is 2.91. The van der Waals surface area contributed by atoms with Crippen LogP contribution >= 0.6 is 11.3 Å². The standard InChI is InChI=1S/C13H17N3OS/c1-2-8-17-10(4-1)6-7-12-14-13(16-15-12)11-5-3-9-18-11/h3,5,9-10H,1-2,4,6-8H2,(H,14,15,16). The summed E-state index contributed by atoms with van der Waals surface area (Å²) in [6.45, 7) is 0.918. The van der Waals surface area contributed by atoms with Gasteiger partial charge in [0.15, 0.2) is 5.82 Å². The van der Waals surface area contributed by atoms with Crippen LogP contribution in [0, 0.1) is 0 Å². The van der Waals surface area contributed by atoms with Gasteiger partial charge in [-0.05, 0) is 37.1 Å². The summed E-state index contributed by atoms with van der Waals surface area (Å²) in [5.41, 5.74) is 0. The molecule has 1 aliphatic rings. The minimum Gasteiger partial charge on any atom is -0.378 e. The van der Waals surface area contributed by atoms with Crippen molar-refractivity contribution in [3.8, 4) is 10.7 Å². The largest absolute Gasteiger partial charge is 0.378 e. The van der Waals surface area contributed by atoms with Crippen LogP contribution in [0.1, 0.15) is 31.5 Å². The molecule has 1 aliphatic heterocycles. The van der Waals surface area contributed by atoms with Gasteiger partial charge in [-0.2, -0.15) is 5.10 Å². The molecule has 3 heterocycles. The fraction of sp³-hybridized carbons (Fsp3) is 0.538. The zero-order valence-electron chi connectivity index (χ0n) is 10.3. The summed E-state index contributed by atoms with van der Waals surface area (Å²) >= 11 is 1.67. The van der Waals surface area contributed by atoms with Gasteiger partial charge in [-0.15, -0.1) is 11.3 Å². The molecule has 96 valence electrons. The summed E-state index contributed by atoms with van der Waals surface area (Å²) in [6.07, 6.45) is 6.06. The minimum absolute atomic E-state index is 0.411. The van der Waals surface area contributed by atoms with Gasteiger partial charge in [0.2, 0.25) is 0 Å². The molecule has 0 saturated carbocycles. The van der Waals surface area contributed by atoms with Crippen LogP contribution in [-0.2, 0) is 11.2 Å². The highest BCUT2D eigenvalue weighted by molar-refractivity contribution is 7.13. The summed E-state index contributed by atoms with van der Waals surface area (Å²) < 4.78 is 5.72. The molecule has 2 aromatic heterocycles. The van der Waals surface area contributed by atoms with Gasteiger partial charge < -0.3 is 4.74 Å². The quantitative estimate of drug-likeness (QED) is 0.922. The van der Waals surface area contributed by atoms with E-state index in [-0.39, 0.29) is 0 Å². The molecule has 4 nitrogen and oxygen atoms in total. The van der Waals surface area contributed by atoms with E-state index in [1.54, 1.807) is 11.3 Å². The SMILES string of the molecule is c1csc(-c2n[nH]c(CCC3CCCCO3)n2)c1. The van der Waals surface area contributed by atoms with Crippen LogP contribution in [0.25, 0.3) is 10.7 Å². The van der Waals surface area contributed by atoms with Gasteiger partial charge in [-0.3, -0.25) is 5.10 Å². The topological polar surface area (TPSA) is 50.8 Å². The van der Waals surface area contributed by atoms with Crippen LogP contribution in [0.2, 0.25) is 0 Å². The molecule has 2 aromatic rings. The number of aromatic amines is 1. The Hall–Kier alpha value is -1.20. The number of ether oxygens (including phenoxy) is 1. The van der Waals surface area contributed by atoms with Crippen molar-refractivity contribution in [3.63, 3.8) is 0 Å². The first-order valence-electron chi connectivity index (χ1n) is 6.48. The minimum atomic E-state index is 0.411. The second kappa shape index (κ2) is 5.63. The molecular formula is C13H17N3OS. The molecule has 5 heteroatoms. The third-order valence-corrected chi connectivity index (χ3v) is 4.12. The number of nitrogens with zero attached hydrogens (tertiary/aromatic N) is 2. The highest BCUT2D eigenvalue weighted by atomic mass is 32.1. The molecular weight excluding hydrogens is 246 g/mol. The van der Waals surface area contributed by atoms with Crippen molar-refractivity contribution in [2.24, 2.45) is 0 Å². The Morgan fingerprint density at radius 1 is 1.44 bits per heavy atom. The summed E-state index contributed by atoms with van der Waals surface area (Å²) in [5, 5.41) is 9.32. The highest BCUT2D eigenvalue weighted by Crippen LogP contribution is 2.21. The van der Waals surface area contributed by atoms with E-state index in [4.69, 9.17) is 4.74 Å². The monoisotopic (exact) mass is 263 g/mol. The Morgan fingerprint density at radius 3 is 3.22 bits per heavy atom. The lowest BCUT2D eigenvalue weighted by molar-refractivity contribution is 0.0112. The van der Waals surface area contributed by atoms with Crippen molar-refractivity contribution in [1.82, 2.24) is 15.2 Å². The Balaban J connectivity index is 1.57. The first-order chi connectivity index (χ1) is 8.92. The van der Waals surface area contributed by atoms with Crippen LogP contribution < -0.4 is 0 Å². The van der Waals surface area contributed by atoms with Gasteiger partial charge in [0, 0.05) is 13.0 Å². The Labute approximate surface area is 110 Å². The lowest BCUT2D eigenvalue weighted by Gasteiger charge is -2.21. The number of aromatic nitrogens is 3. The van der Waals surface area contributed by atoms with Gasteiger partial charge >= 0.3 is 0 Å². The van der Waals surface area contributed by atoms with Crippen molar-refractivity contribution in [1.29, 1.82) is 0 Å². The molecule has 3 rings (SSSR count). The van der Waals surface area contributed by atoms with E-state index >= 15 is 0 Å². The molecule has 0 aliphatic carbocycles. The third-order valence-electron chi connectivity index (χ3n) is 3.25. The maximum atomic E-state index is 5.72. The van der Waals surface area contributed by atoms with Crippen molar-refractivity contribution in [2.75, 3.05) is 6.61 Å². The molecule has 0 spiro atoms. The van der Waals surface area contributed by atoms with Crippen LogP contribution in [0.15, 0.2) is 17.5 Å². The van der Waals surface area contributed by atoms with Crippen molar-refractivity contribution in [2.45, 2.75) is 38.2 Å². The summed E-state index contributed by atoms with van der Waals surface area (Å²) in [5.74, 6) is 1.78. The molecule has 18 heavy (non-hydrogen) atoms. The molecule has 0 bridgehead atoms. The van der Waals surface area contributed by atoms with Gasteiger partial charge in [-0.1, -0.05) is 6.07 Å². The first kappa shape index (κ1) is 11.9. The highest BCUT2D eigenvalue weighted by Gasteiger charge is 2.15. The molecule has 0 aromatic carbocycles. The van der Waals surface area contributed by atoms with Gasteiger partial charge in [0.05, 0.1) is 11.0 Å². The maximum Gasteiger partial charge on any atom is 0.191 e. The molecule has 1 unspecified atom stereocenters. The predicted octanol–water partition coefficient (Wildman–Crippen LogP) is 3.03. The average Bonchev–Trinajstić information content (AvgIpc) is 3.08. The molecule has 1 atom stereocenters. The molecule has 0 amide bonds. The number of nitrogens with one attached hydrogen (secondary N) is 1. The number of hydrogen-bond donors (Lipinski definition) is 1. The average molecular weight is 263 g/mol. The van der Waals surface area contributed by atoms with E-state index in [1.807, 2.05) is 17.5 Å². The van der Waals surface area contributed by atoms with Gasteiger partial charge in [0.25, 0.3) is 0 Å². The van der Waals surface area contributed by atoms with E-state index in [2.05, 4.69) is 15.2 Å². The van der Waals surface area contributed by atoms with Crippen molar-refractivity contribution < 1.29 is 4.74 Å². The number of thiophene rings is 1. The maximum absolute atomic E-state index is 5.72. The zero-order chi connectivity index (χ0) is 12.2. The van der Waals surface area contributed by atoms with E-state index in [9.17, 15) is 0 Å². The first-order valence-corrected chi connectivity index (χ1v) is 7.36. The Kier molecular flexibility index (Phi) is 3.71. The smallest absolute Gasteiger partial charge is 0.191 e. The van der Waals surface area contributed by atoms with Crippen LogP contribution in [0.5, 0.6) is 0 Å².